The summed E-state index contributed by atoms with van der Waals surface area (Å²) in [6.45, 7) is 14.5. The van der Waals surface area contributed by atoms with Crippen LogP contribution in [0.1, 0.15) is 66.7 Å². The molecule has 26 heavy (non-hydrogen) atoms. The fourth-order valence-electron chi connectivity index (χ4n) is 0.803. The molecule has 9 heteroatoms. The van der Waals surface area contributed by atoms with Crippen LogP contribution in [-0.2, 0) is 37.9 Å². The second-order valence-electron chi connectivity index (χ2n) is 4.86. The van der Waals surface area contributed by atoms with E-state index in [0.29, 0.717) is 6.04 Å². The molecular formula is C17H40N6S3. The van der Waals surface area contributed by atoms with Crippen LogP contribution >= 0.6 is 0 Å². The Morgan fingerprint density at radius 3 is 1.19 bits per heavy atom. The standard InChI is InChI=1S/C6H15N.2C4H11N.3CHNS/c1-3-5-7-6-4-2;1-3-4(2)5;1-2-3-4-5;3*2-1-3/h7H,3-6H2,1-2H3;4H,3,5H2,1-2H3;2-5H2,1H3;3*3H. The molecule has 0 aliphatic heterocycles. The lowest BCUT2D eigenvalue weighted by atomic mass is 10.3. The van der Waals surface area contributed by atoms with Crippen molar-refractivity contribution in [2.75, 3.05) is 19.6 Å². The summed E-state index contributed by atoms with van der Waals surface area (Å²) in [6, 6.07) is 0.634. The molecule has 8 N–H and O–H groups in total. The first-order chi connectivity index (χ1) is 12.3. The highest BCUT2D eigenvalue weighted by Crippen LogP contribution is 1.75. The molecule has 0 aromatic carbocycles. The molecule has 0 radical (unpaired) electrons. The zero-order valence-electron chi connectivity index (χ0n) is 17.3. The van der Waals surface area contributed by atoms with E-state index in [0.717, 1.165) is 6.54 Å². The molecule has 0 amide bonds. The van der Waals surface area contributed by atoms with E-state index in [1.54, 1.807) is 0 Å². The molecule has 0 aromatic rings. The van der Waals surface area contributed by atoms with Crippen molar-refractivity contribution in [1.82, 2.24) is 0 Å². The van der Waals surface area contributed by atoms with Crippen LogP contribution in [0.2, 0.25) is 0 Å². The summed E-state index contributed by atoms with van der Waals surface area (Å²) in [5.74, 6) is 0. The average Bonchev–Trinajstić information content (AvgIpc) is 2.59. The zero-order valence-corrected chi connectivity index (χ0v) is 19.7. The second kappa shape index (κ2) is 64.8. The van der Waals surface area contributed by atoms with Crippen LogP contribution < -0.4 is 16.8 Å². The Balaban J connectivity index is -0.0000000479. The van der Waals surface area contributed by atoms with Crippen LogP contribution in [-0.4, -0.2) is 25.7 Å². The quantitative estimate of drug-likeness (QED) is 0.308. The van der Waals surface area contributed by atoms with Crippen molar-refractivity contribution in [3.8, 4) is 16.2 Å². The summed E-state index contributed by atoms with van der Waals surface area (Å²) in [7, 11) is 0. The van der Waals surface area contributed by atoms with Crippen molar-refractivity contribution in [3.63, 3.8) is 0 Å². The molecule has 0 bridgehead atoms. The van der Waals surface area contributed by atoms with Crippen LogP contribution in [0.5, 0.6) is 0 Å². The monoisotopic (exact) mass is 424 g/mol. The van der Waals surface area contributed by atoms with E-state index in [2.05, 4.69) is 89.3 Å². The molecular weight excluding hydrogens is 384 g/mol. The third-order valence-electron chi connectivity index (χ3n) is 2.29. The van der Waals surface area contributed by atoms with Crippen molar-refractivity contribution >= 4 is 37.9 Å². The van der Waals surface area contributed by atoms with Crippen LogP contribution in [0, 0.1) is 32.0 Å². The summed E-state index contributed by atoms with van der Waals surface area (Å²) in [6.07, 6.45) is 6.36. The van der Waals surface area contributed by atoms with Gasteiger partial charge in [-0.25, -0.2) is 15.8 Å². The Bertz CT molecular complexity index is 262. The van der Waals surface area contributed by atoms with Crippen LogP contribution in [0.15, 0.2) is 0 Å². The lowest BCUT2D eigenvalue weighted by Crippen LogP contribution is -2.84. The van der Waals surface area contributed by atoms with Gasteiger partial charge in [-0.1, -0.05) is 50.3 Å². The summed E-state index contributed by atoms with van der Waals surface area (Å²) >= 11 is 11.1. The lowest BCUT2D eigenvalue weighted by molar-refractivity contribution is -0.654. The highest BCUT2D eigenvalue weighted by molar-refractivity contribution is 7.64. The number of nitriles is 3. The smallest absolute Gasteiger partial charge is 0.0812 e. The Kier molecular flexibility index (Phi) is 99.4. The van der Waals surface area contributed by atoms with E-state index in [-0.39, 0.29) is 0 Å². The van der Waals surface area contributed by atoms with E-state index in [4.69, 9.17) is 15.8 Å². The minimum Gasteiger partial charge on any atom is -0.696 e. The minimum absolute atomic E-state index is 0.634. The third kappa shape index (κ3) is 227. The number of unbranched alkanes of at least 4 members (excludes halogenated alkanes) is 1. The molecule has 156 valence electrons. The predicted molar refractivity (Wildman–Crippen MR) is 116 cm³/mol. The van der Waals surface area contributed by atoms with E-state index in [1.165, 1.54) is 61.4 Å². The number of thiocyanates is 3. The SMILES string of the molecule is CCC(C)[NH3+].CCCC[NH3+].CCC[NH2+]CCC.N#C[S-].N#C[S-].N#C[S-]. The Labute approximate surface area is 178 Å². The average molecular weight is 425 g/mol. The fraction of sp³-hybridized carbons (Fsp3) is 0.824. The van der Waals surface area contributed by atoms with Gasteiger partial charge in [-0.3, -0.25) is 0 Å². The van der Waals surface area contributed by atoms with E-state index in [9.17, 15) is 0 Å². The van der Waals surface area contributed by atoms with Gasteiger partial charge in [0.1, 0.15) is 0 Å². The van der Waals surface area contributed by atoms with E-state index >= 15 is 0 Å². The zero-order chi connectivity index (χ0) is 22.1. The Hall–Kier alpha value is -0.990. The van der Waals surface area contributed by atoms with Gasteiger partial charge in [-0.2, -0.15) is 0 Å². The van der Waals surface area contributed by atoms with Gasteiger partial charge in [0.2, 0.25) is 0 Å². The van der Waals surface area contributed by atoms with Crippen molar-refractivity contribution in [3.05, 3.63) is 0 Å². The normalized spacial score (nSPS) is 7.85. The molecule has 0 aromatic heterocycles. The van der Waals surface area contributed by atoms with Gasteiger partial charge in [0.15, 0.2) is 0 Å². The number of nitrogens with zero attached hydrogens (tertiary/aromatic N) is 3. The first-order valence-corrected chi connectivity index (χ1v) is 10.0. The molecule has 0 saturated heterocycles. The second-order valence-corrected chi connectivity index (χ2v) is 5.41. The first-order valence-electron chi connectivity index (χ1n) is 8.82. The van der Waals surface area contributed by atoms with Gasteiger partial charge in [0.25, 0.3) is 0 Å². The molecule has 0 heterocycles. The van der Waals surface area contributed by atoms with Crippen LogP contribution in [0.3, 0.4) is 0 Å². The van der Waals surface area contributed by atoms with Crippen molar-refractivity contribution < 1.29 is 16.8 Å². The maximum Gasteiger partial charge on any atom is 0.0812 e. The minimum atomic E-state index is 0.634. The maximum atomic E-state index is 7.13. The number of nitrogens with two attached hydrogens (primary N) is 1. The molecule has 6 nitrogen and oxygen atoms in total. The highest BCUT2D eigenvalue weighted by Gasteiger charge is 1.84. The molecule has 0 fully saturated rings. The van der Waals surface area contributed by atoms with Crippen molar-refractivity contribution in [1.29, 1.82) is 15.8 Å². The molecule has 0 aliphatic rings. The topological polar surface area (TPSA) is 143 Å². The van der Waals surface area contributed by atoms with Gasteiger partial charge < -0.3 is 54.7 Å². The number of hydrogen-bond acceptors (Lipinski definition) is 6. The number of hydrogen-bond donors (Lipinski definition) is 3. The third-order valence-corrected chi connectivity index (χ3v) is 2.29. The molecule has 0 saturated carbocycles. The maximum absolute atomic E-state index is 7.13. The lowest BCUT2D eigenvalue weighted by Gasteiger charge is -1.92. The summed E-state index contributed by atoms with van der Waals surface area (Å²) in [4.78, 5) is 0. The predicted octanol–water partition coefficient (Wildman–Crippen LogP) is 0.468. The summed E-state index contributed by atoms with van der Waals surface area (Å²) in [5.41, 5.74) is 7.43. The van der Waals surface area contributed by atoms with Gasteiger partial charge >= 0.3 is 0 Å². The van der Waals surface area contributed by atoms with E-state index in [1.807, 2.05) is 0 Å². The van der Waals surface area contributed by atoms with Gasteiger partial charge in [0.05, 0.1) is 25.7 Å². The highest BCUT2D eigenvalue weighted by atomic mass is 32.1. The molecule has 0 rings (SSSR count). The summed E-state index contributed by atoms with van der Waals surface area (Å²) in [5, 5.41) is 27.8. The largest absolute Gasteiger partial charge is 0.696 e. The van der Waals surface area contributed by atoms with E-state index < -0.39 is 0 Å². The van der Waals surface area contributed by atoms with Crippen molar-refractivity contribution in [2.45, 2.75) is 72.8 Å². The molecule has 1 atom stereocenters. The Morgan fingerprint density at radius 1 is 0.846 bits per heavy atom. The van der Waals surface area contributed by atoms with Gasteiger partial charge in [0, 0.05) is 0 Å². The Morgan fingerprint density at radius 2 is 1.12 bits per heavy atom. The van der Waals surface area contributed by atoms with Gasteiger partial charge in [-0.05, 0) is 32.6 Å². The van der Waals surface area contributed by atoms with Crippen molar-refractivity contribution in [2.24, 2.45) is 0 Å². The fourth-order valence-corrected chi connectivity index (χ4v) is 0.803. The molecule has 1 unspecified atom stereocenters. The number of quaternary nitrogens is 3. The molecule has 0 spiro atoms. The van der Waals surface area contributed by atoms with Gasteiger partial charge in [-0.15, -0.1) is 0 Å². The van der Waals surface area contributed by atoms with Crippen LogP contribution in [0.25, 0.3) is 0 Å². The first kappa shape index (κ1) is 39.9. The molecule has 0 aliphatic carbocycles. The summed E-state index contributed by atoms with van der Waals surface area (Å²) < 4.78 is 0. The number of rotatable bonds is 7. The van der Waals surface area contributed by atoms with Crippen LogP contribution in [0.4, 0.5) is 0 Å².